The fraction of sp³-hybridized carbons (Fsp3) is 0.182. The minimum Gasteiger partial charge on any atom is -0.488 e. The Morgan fingerprint density at radius 2 is 2.29 bits per heavy atom. The number of hydrogen-bond donors (Lipinski definition) is 1. The second-order valence-electron chi connectivity index (χ2n) is 3.26. The van der Waals surface area contributed by atoms with Crippen LogP contribution in [0.1, 0.15) is 11.1 Å². The van der Waals surface area contributed by atoms with E-state index in [9.17, 15) is 4.79 Å². The lowest BCUT2D eigenvalue weighted by molar-refractivity contribution is -0.132. The van der Waals surface area contributed by atoms with Crippen LogP contribution in [0.4, 0.5) is 0 Å². The summed E-state index contributed by atoms with van der Waals surface area (Å²) in [5.41, 5.74) is 2.17. The fourth-order valence-corrected chi connectivity index (χ4v) is 1.49. The first kappa shape index (κ1) is 8.81. The number of para-hydroxylation sites is 1. The Balaban J connectivity index is 2.50. The molecule has 0 aromatic heterocycles. The van der Waals surface area contributed by atoms with Crippen LogP contribution in [0.5, 0.6) is 5.75 Å². The highest BCUT2D eigenvalue weighted by Crippen LogP contribution is 2.29. The zero-order valence-corrected chi connectivity index (χ0v) is 7.78. The molecule has 3 heteroatoms. The molecule has 3 nitrogen and oxygen atoms in total. The first-order valence-corrected chi connectivity index (χ1v) is 4.35. The molecule has 14 heavy (non-hydrogen) atoms. The summed E-state index contributed by atoms with van der Waals surface area (Å²) in [6.07, 6.45) is 1.66. The Bertz CT molecular complexity index is 419. The molecular weight excluding hydrogens is 180 g/mol. The molecule has 0 radical (unpaired) electrons. The van der Waals surface area contributed by atoms with Gasteiger partial charge in [0.05, 0.1) is 5.57 Å². The van der Waals surface area contributed by atoms with E-state index in [-0.39, 0.29) is 6.61 Å². The summed E-state index contributed by atoms with van der Waals surface area (Å²) in [6.45, 7) is 2.09. The summed E-state index contributed by atoms with van der Waals surface area (Å²) in [6, 6.07) is 5.68. The highest BCUT2D eigenvalue weighted by Gasteiger charge is 2.16. The van der Waals surface area contributed by atoms with Crippen LogP contribution in [0.25, 0.3) is 6.08 Å². The van der Waals surface area contributed by atoms with Gasteiger partial charge in [0.25, 0.3) is 0 Å². The molecule has 0 atom stereocenters. The minimum atomic E-state index is -0.919. The molecule has 0 saturated carbocycles. The third-order valence-electron chi connectivity index (χ3n) is 2.22. The van der Waals surface area contributed by atoms with E-state index in [1.165, 1.54) is 0 Å². The van der Waals surface area contributed by atoms with Gasteiger partial charge in [0.2, 0.25) is 0 Å². The van der Waals surface area contributed by atoms with Gasteiger partial charge in [-0.3, -0.25) is 0 Å². The van der Waals surface area contributed by atoms with Crippen molar-refractivity contribution in [1.29, 1.82) is 0 Å². The van der Waals surface area contributed by atoms with E-state index in [4.69, 9.17) is 9.84 Å². The number of carbonyl (C=O) groups is 1. The molecule has 1 heterocycles. The van der Waals surface area contributed by atoms with Crippen LogP contribution in [0, 0.1) is 6.92 Å². The van der Waals surface area contributed by atoms with Crippen molar-refractivity contribution in [3.63, 3.8) is 0 Å². The summed E-state index contributed by atoms with van der Waals surface area (Å²) in [7, 11) is 0. The van der Waals surface area contributed by atoms with Crippen molar-refractivity contribution in [1.82, 2.24) is 0 Å². The maximum atomic E-state index is 10.7. The third-order valence-corrected chi connectivity index (χ3v) is 2.22. The maximum absolute atomic E-state index is 10.7. The largest absolute Gasteiger partial charge is 0.488 e. The van der Waals surface area contributed by atoms with Crippen molar-refractivity contribution < 1.29 is 14.6 Å². The van der Waals surface area contributed by atoms with Gasteiger partial charge >= 0.3 is 5.97 Å². The molecule has 0 fully saturated rings. The molecule has 1 aromatic carbocycles. The van der Waals surface area contributed by atoms with E-state index in [1.807, 2.05) is 25.1 Å². The quantitative estimate of drug-likeness (QED) is 0.735. The normalized spacial score (nSPS) is 13.9. The predicted octanol–water partition coefficient (Wildman–Crippen LogP) is 1.86. The highest BCUT2D eigenvalue weighted by molar-refractivity contribution is 5.93. The van der Waals surface area contributed by atoms with Gasteiger partial charge < -0.3 is 9.84 Å². The van der Waals surface area contributed by atoms with Crippen LogP contribution in [0.15, 0.2) is 23.8 Å². The first-order chi connectivity index (χ1) is 6.68. The fourth-order valence-electron chi connectivity index (χ4n) is 1.49. The molecule has 0 aliphatic carbocycles. The second-order valence-corrected chi connectivity index (χ2v) is 3.26. The van der Waals surface area contributed by atoms with Crippen molar-refractivity contribution in [2.45, 2.75) is 6.92 Å². The summed E-state index contributed by atoms with van der Waals surface area (Å²) in [5.74, 6) is -0.130. The van der Waals surface area contributed by atoms with Crippen LogP contribution >= 0.6 is 0 Å². The van der Waals surface area contributed by atoms with Crippen LogP contribution < -0.4 is 4.74 Å². The smallest absolute Gasteiger partial charge is 0.335 e. The molecule has 1 N–H and O–H groups in total. The van der Waals surface area contributed by atoms with E-state index in [0.717, 1.165) is 16.9 Å². The monoisotopic (exact) mass is 190 g/mol. The van der Waals surface area contributed by atoms with Gasteiger partial charge in [-0.25, -0.2) is 4.79 Å². The van der Waals surface area contributed by atoms with Gasteiger partial charge in [0.15, 0.2) is 0 Å². The number of carboxylic acids is 1. The van der Waals surface area contributed by atoms with Gasteiger partial charge in [-0.1, -0.05) is 18.2 Å². The van der Waals surface area contributed by atoms with Crippen molar-refractivity contribution >= 4 is 12.0 Å². The number of carboxylic acid groups (broad SMARTS) is 1. The molecule has 0 unspecified atom stereocenters. The lowest BCUT2D eigenvalue weighted by atomic mass is 10.0. The van der Waals surface area contributed by atoms with E-state index >= 15 is 0 Å². The number of aryl methyl sites for hydroxylation is 1. The van der Waals surface area contributed by atoms with Crippen LogP contribution in [0.3, 0.4) is 0 Å². The zero-order valence-electron chi connectivity index (χ0n) is 7.78. The predicted molar refractivity (Wildman–Crippen MR) is 52.3 cm³/mol. The Kier molecular flexibility index (Phi) is 2.00. The Morgan fingerprint density at radius 3 is 3.00 bits per heavy atom. The van der Waals surface area contributed by atoms with Crippen LogP contribution in [-0.2, 0) is 4.79 Å². The summed E-state index contributed by atoms with van der Waals surface area (Å²) >= 11 is 0. The molecule has 1 aliphatic rings. The number of fused-ring (bicyclic) bond motifs is 1. The molecule has 0 spiro atoms. The number of rotatable bonds is 1. The molecule has 72 valence electrons. The van der Waals surface area contributed by atoms with Crippen molar-refractivity contribution in [2.24, 2.45) is 0 Å². The number of aliphatic carboxylic acids is 1. The SMILES string of the molecule is Cc1cccc2c1OCC(C(=O)O)=C2. The van der Waals surface area contributed by atoms with E-state index in [0.29, 0.717) is 5.57 Å². The van der Waals surface area contributed by atoms with Crippen LogP contribution in [-0.4, -0.2) is 17.7 Å². The molecule has 0 amide bonds. The average molecular weight is 190 g/mol. The lowest BCUT2D eigenvalue weighted by Gasteiger charge is -2.17. The highest BCUT2D eigenvalue weighted by atomic mass is 16.5. The molecule has 1 aliphatic heterocycles. The van der Waals surface area contributed by atoms with Crippen molar-refractivity contribution in [3.8, 4) is 5.75 Å². The molecule has 0 bridgehead atoms. The first-order valence-electron chi connectivity index (χ1n) is 4.35. The summed E-state index contributed by atoms with van der Waals surface area (Å²) in [5, 5.41) is 8.78. The lowest BCUT2D eigenvalue weighted by Crippen LogP contribution is -2.14. The van der Waals surface area contributed by atoms with Gasteiger partial charge in [0, 0.05) is 5.56 Å². The van der Waals surface area contributed by atoms with Gasteiger partial charge in [-0.2, -0.15) is 0 Å². The van der Waals surface area contributed by atoms with Crippen molar-refractivity contribution in [3.05, 3.63) is 34.9 Å². The van der Waals surface area contributed by atoms with E-state index < -0.39 is 5.97 Å². The molecular formula is C11H10O3. The van der Waals surface area contributed by atoms with Crippen LogP contribution in [0.2, 0.25) is 0 Å². The number of benzene rings is 1. The van der Waals surface area contributed by atoms with Gasteiger partial charge in [-0.05, 0) is 18.6 Å². The summed E-state index contributed by atoms with van der Waals surface area (Å²) < 4.78 is 5.38. The molecule has 1 aromatic rings. The third kappa shape index (κ3) is 1.37. The number of ether oxygens (including phenoxy) is 1. The Labute approximate surface area is 81.6 Å². The maximum Gasteiger partial charge on any atom is 0.335 e. The zero-order chi connectivity index (χ0) is 10.1. The van der Waals surface area contributed by atoms with Gasteiger partial charge in [0.1, 0.15) is 12.4 Å². The van der Waals surface area contributed by atoms with E-state index in [2.05, 4.69) is 0 Å². The minimum absolute atomic E-state index is 0.146. The van der Waals surface area contributed by atoms with Gasteiger partial charge in [-0.15, -0.1) is 0 Å². The summed E-state index contributed by atoms with van der Waals surface area (Å²) in [4.78, 5) is 10.7. The number of hydrogen-bond acceptors (Lipinski definition) is 2. The molecule has 0 saturated heterocycles. The van der Waals surface area contributed by atoms with E-state index in [1.54, 1.807) is 6.08 Å². The second kappa shape index (κ2) is 3.18. The topological polar surface area (TPSA) is 46.5 Å². The standard InChI is InChI=1S/C11H10O3/c1-7-3-2-4-8-5-9(11(12)13)6-14-10(7)8/h2-5H,6H2,1H3,(H,12,13). The van der Waals surface area contributed by atoms with Crippen molar-refractivity contribution in [2.75, 3.05) is 6.61 Å². The Morgan fingerprint density at radius 1 is 1.50 bits per heavy atom. The average Bonchev–Trinajstić information content (AvgIpc) is 2.17. The Hall–Kier alpha value is -1.77. The molecule has 2 rings (SSSR count).